The summed E-state index contributed by atoms with van der Waals surface area (Å²) in [6.45, 7) is 2.99. The third kappa shape index (κ3) is 3.02. The Labute approximate surface area is 119 Å². The zero-order valence-electron chi connectivity index (χ0n) is 11.3. The predicted octanol–water partition coefficient (Wildman–Crippen LogP) is 2.55. The number of nitrogens with zero attached hydrogens (tertiary/aromatic N) is 1. The molecule has 108 valence electrons. The summed E-state index contributed by atoms with van der Waals surface area (Å²) >= 11 is 1.42. The predicted molar refractivity (Wildman–Crippen MR) is 78.6 cm³/mol. The van der Waals surface area contributed by atoms with Crippen molar-refractivity contribution in [3.63, 3.8) is 0 Å². The third-order valence-electron chi connectivity index (χ3n) is 3.77. The maximum atomic E-state index is 12.8. The molecule has 1 fully saturated rings. The van der Waals surface area contributed by atoms with Crippen LogP contribution in [0.25, 0.3) is 0 Å². The topological polar surface area (TPSA) is 63.4 Å². The van der Waals surface area contributed by atoms with Gasteiger partial charge in [-0.1, -0.05) is 19.8 Å². The van der Waals surface area contributed by atoms with Crippen molar-refractivity contribution < 1.29 is 8.42 Å². The van der Waals surface area contributed by atoms with Crippen LogP contribution in [0.4, 0.5) is 0 Å². The van der Waals surface area contributed by atoms with Gasteiger partial charge in [-0.05, 0) is 30.7 Å². The molecule has 2 heterocycles. The second kappa shape index (κ2) is 6.35. The average Bonchev–Trinajstić information content (AvgIpc) is 2.76. The molecule has 1 aromatic heterocycles. The molecule has 1 aromatic rings. The molecule has 1 aliphatic rings. The number of hydrogen-bond donors (Lipinski definition) is 1. The van der Waals surface area contributed by atoms with Crippen LogP contribution in [-0.4, -0.2) is 25.3 Å². The van der Waals surface area contributed by atoms with Gasteiger partial charge in [-0.2, -0.15) is 4.31 Å². The normalized spacial score (nSPS) is 22.3. The van der Waals surface area contributed by atoms with E-state index >= 15 is 0 Å². The van der Waals surface area contributed by atoms with E-state index in [4.69, 9.17) is 5.73 Å². The molecule has 6 heteroatoms. The van der Waals surface area contributed by atoms with Crippen molar-refractivity contribution in [3.8, 4) is 0 Å². The first-order chi connectivity index (χ1) is 9.11. The second-order valence-corrected chi connectivity index (χ2v) is 7.80. The highest BCUT2D eigenvalue weighted by atomic mass is 32.2. The lowest BCUT2D eigenvalue weighted by atomic mass is 10.1. The molecule has 0 aliphatic carbocycles. The van der Waals surface area contributed by atoms with E-state index in [-0.39, 0.29) is 12.6 Å². The number of rotatable bonds is 4. The first-order valence-corrected chi connectivity index (χ1v) is 9.21. The fourth-order valence-electron chi connectivity index (χ4n) is 2.71. The maximum Gasteiger partial charge on any atom is 0.244 e. The number of thiophene rings is 1. The van der Waals surface area contributed by atoms with Gasteiger partial charge in [0.15, 0.2) is 0 Å². The summed E-state index contributed by atoms with van der Waals surface area (Å²) in [6.07, 6.45) is 5.05. The summed E-state index contributed by atoms with van der Waals surface area (Å²) in [5.41, 5.74) is 5.65. The first-order valence-electron chi connectivity index (χ1n) is 6.89. The molecule has 2 rings (SSSR count). The molecular formula is C13H22N2O2S2. The number of nitrogens with two attached hydrogens (primary N) is 1. The highest BCUT2D eigenvalue weighted by Gasteiger charge is 2.33. The number of hydrogen-bond acceptors (Lipinski definition) is 4. The van der Waals surface area contributed by atoms with Crippen LogP contribution in [0.15, 0.2) is 16.3 Å². The monoisotopic (exact) mass is 302 g/mol. The van der Waals surface area contributed by atoms with E-state index in [2.05, 4.69) is 6.92 Å². The van der Waals surface area contributed by atoms with E-state index in [0.29, 0.717) is 11.4 Å². The fraction of sp³-hybridized carbons (Fsp3) is 0.692. The van der Waals surface area contributed by atoms with Gasteiger partial charge in [-0.25, -0.2) is 8.42 Å². The van der Waals surface area contributed by atoms with Crippen LogP contribution in [0.5, 0.6) is 0 Å². The summed E-state index contributed by atoms with van der Waals surface area (Å²) in [4.78, 5) is 1.18. The summed E-state index contributed by atoms with van der Waals surface area (Å²) in [6, 6.07) is 1.83. The van der Waals surface area contributed by atoms with E-state index in [0.717, 1.165) is 37.0 Å². The van der Waals surface area contributed by atoms with Gasteiger partial charge in [0.05, 0.1) is 4.90 Å². The Morgan fingerprint density at radius 1 is 1.42 bits per heavy atom. The maximum absolute atomic E-state index is 12.8. The van der Waals surface area contributed by atoms with E-state index in [9.17, 15) is 8.42 Å². The molecule has 1 atom stereocenters. The smallest absolute Gasteiger partial charge is 0.244 e. The van der Waals surface area contributed by atoms with Crippen LogP contribution in [0.2, 0.25) is 0 Å². The van der Waals surface area contributed by atoms with Crippen molar-refractivity contribution in [2.24, 2.45) is 5.73 Å². The highest BCUT2D eigenvalue weighted by Crippen LogP contribution is 2.30. The summed E-state index contributed by atoms with van der Waals surface area (Å²) in [5, 5.41) is 1.81. The van der Waals surface area contributed by atoms with Gasteiger partial charge >= 0.3 is 0 Å². The standard InChI is InChI=1S/C13H22N2O2S2/c1-2-11-6-4-3-5-8-15(11)19(16,17)13-7-9-18-12(13)10-14/h7,9,11H,2-6,8,10,14H2,1H3. The Hall–Kier alpha value is -0.430. The Morgan fingerprint density at radius 3 is 2.89 bits per heavy atom. The SMILES string of the molecule is CCC1CCCCCN1S(=O)(=O)c1ccsc1CN. The molecule has 0 aromatic carbocycles. The molecule has 1 unspecified atom stereocenters. The van der Waals surface area contributed by atoms with Crippen LogP contribution in [-0.2, 0) is 16.6 Å². The van der Waals surface area contributed by atoms with Gasteiger partial charge in [-0.15, -0.1) is 11.3 Å². The van der Waals surface area contributed by atoms with Gasteiger partial charge in [0.1, 0.15) is 0 Å². The van der Waals surface area contributed by atoms with Gasteiger partial charge < -0.3 is 5.73 Å². The average molecular weight is 302 g/mol. The first kappa shape index (κ1) is 15.0. The number of sulfonamides is 1. The fourth-order valence-corrected chi connectivity index (χ4v) is 5.78. The van der Waals surface area contributed by atoms with Crippen LogP contribution >= 0.6 is 11.3 Å². The lowest BCUT2D eigenvalue weighted by molar-refractivity contribution is 0.315. The molecule has 19 heavy (non-hydrogen) atoms. The van der Waals surface area contributed by atoms with Crippen molar-refractivity contribution in [1.29, 1.82) is 0 Å². The van der Waals surface area contributed by atoms with Crippen molar-refractivity contribution >= 4 is 21.4 Å². The summed E-state index contributed by atoms with van der Waals surface area (Å²) in [7, 11) is -3.38. The summed E-state index contributed by atoms with van der Waals surface area (Å²) < 4.78 is 27.4. The quantitative estimate of drug-likeness (QED) is 0.929. The minimum absolute atomic E-state index is 0.137. The molecule has 2 N–H and O–H groups in total. The zero-order chi connectivity index (χ0) is 13.9. The van der Waals surface area contributed by atoms with E-state index in [1.165, 1.54) is 11.3 Å². The zero-order valence-corrected chi connectivity index (χ0v) is 13.0. The molecule has 1 saturated heterocycles. The third-order valence-corrected chi connectivity index (χ3v) is 6.88. The minimum atomic E-state index is -3.38. The molecule has 1 aliphatic heterocycles. The highest BCUT2D eigenvalue weighted by molar-refractivity contribution is 7.89. The van der Waals surface area contributed by atoms with Gasteiger partial charge in [-0.3, -0.25) is 0 Å². The Bertz CT molecular complexity index is 510. The molecule has 4 nitrogen and oxygen atoms in total. The summed E-state index contributed by atoms with van der Waals surface area (Å²) in [5.74, 6) is 0. The second-order valence-electron chi connectivity index (χ2n) is 4.94. The minimum Gasteiger partial charge on any atom is -0.326 e. The Kier molecular flexibility index (Phi) is 5.00. The van der Waals surface area contributed by atoms with Crippen LogP contribution < -0.4 is 5.73 Å². The largest absolute Gasteiger partial charge is 0.326 e. The van der Waals surface area contributed by atoms with Crippen molar-refractivity contribution in [2.75, 3.05) is 6.54 Å². The van der Waals surface area contributed by atoms with Gasteiger partial charge in [0, 0.05) is 24.0 Å². The van der Waals surface area contributed by atoms with E-state index in [1.54, 1.807) is 10.4 Å². The molecule has 0 spiro atoms. The van der Waals surface area contributed by atoms with E-state index < -0.39 is 10.0 Å². The van der Waals surface area contributed by atoms with Crippen LogP contribution in [0.3, 0.4) is 0 Å². The Balaban J connectivity index is 2.36. The van der Waals surface area contributed by atoms with Gasteiger partial charge in [0.25, 0.3) is 0 Å². The Morgan fingerprint density at radius 2 is 2.21 bits per heavy atom. The molecule has 0 radical (unpaired) electrons. The van der Waals surface area contributed by atoms with E-state index in [1.807, 2.05) is 5.38 Å². The molecule has 0 saturated carbocycles. The van der Waals surface area contributed by atoms with Crippen LogP contribution in [0, 0.1) is 0 Å². The lowest BCUT2D eigenvalue weighted by Gasteiger charge is -2.28. The molecule has 0 bridgehead atoms. The van der Waals surface area contributed by atoms with Crippen LogP contribution in [0.1, 0.15) is 43.9 Å². The van der Waals surface area contributed by atoms with Crippen molar-refractivity contribution in [2.45, 2.75) is 56.5 Å². The van der Waals surface area contributed by atoms with Crippen molar-refractivity contribution in [3.05, 3.63) is 16.3 Å². The molecular weight excluding hydrogens is 280 g/mol. The molecule has 0 amide bonds. The van der Waals surface area contributed by atoms with Crippen molar-refractivity contribution in [1.82, 2.24) is 4.31 Å². The van der Waals surface area contributed by atoms with Gasteiger partial charge in [0.2, 0.25) is 10.0 Å². The lowest BCUT2D eigenvalue weighted by Crippen LogP contribution is -2.39.